The zero-order valence-electron chi connectivity index (χ0n) is 14.4. The molecule has 0 unspecified atom stereocenters. The van der Waals surface area contributed by atoms with Crippen LogP contribution in [0.2, 0.25) is 5.02 Å². The molecule has 2 aromatic rings. The number of nitrogens with zero attached hydrogens (tertiary/aromatic N) is 4. The molecular weight excluding hydrogens is 392 g/mol. The Balaban J connectivity index is 1.53. The lowest BCUT2D eigenvalue weighted by Gasteiger charge is -2.26. The van der Waals surface area contributed by atoms with Gasteiger partial charge in [-0.2, -0.15) is 20.4 Å². The fraction of sp³-hybridized carbons (Fsp3) is 0.375. The number of ether oxygens (including phenoxy) is 1. The Kier molecular flexibility index (Phi) is 6.09. The molecule has 0 radical (unpaired) electrons. The topological polar surface area (TPSA) is 159 Å². The maximum atomic E-state index is 12.1. The summed E-state index contributed by atoms with van der Waals surface area (Å²) in [6.45, 7) is -0.551. The molecule has 28 heavy (non-hydrogen) atoms. The number of aliphatic hydroxyl groups is 2. The van der Waals surface area contributed by atoms with E-state index in [0.29, 0.717) is 0 Å². The number of carbonyl (C=O) groups is 2. The highest BCUT2D eigenvalue weighted by Gasteiger charge is 2.48. The Morgan fingerprint density at radius 1 is 1.18 bits per heavy atom. The summed E-state index contributed by atoms with van der Waals surface area (Å²) in [5, 5.41) is 40.5. The summed E-state index contributed by atoms with van der Waals surface area (Å²) in [5.41, 5.74) is -1.32. The molecule has 11 nitrogen and oxygen atoms in total. The van der Waals surface area contributed by atoms with Gasteiger partial charge in [0.05, 0.1) is 54.1 Å². The van der Waals surface area contributed by atoms with Crippen molar-refractivity contribution in [1.82, 2.24) is 31.0 Å². The molecule has 3 heterocycles. The summed E-state index contributed by atoms with van der Waals surface area (Å²) >= 11 is 5.88. The molecule has 1 saturated heterocycles. The van der Waals surface area contributed by atoms with Gasteiger partial charge in [-0.3, -0.25) is 9.59 Å². The minimum absolute atomic E-state index is 0.0802. The van der Waals surface area contributed by atoms with Crippen LogP contribution in [0.25, 0.3) is 0 Å². The highest BCUT2D eigenvalue weighted by Crippen LogP contribution is 2.24. The van der Waals surface area contributed by atoms with Gasteiger partial charge in [-0.1, -0.05) is 11.6 Å². The standard InChI is InChI=1S/C16H17ClN6O5/c17-11-5-23-22-4-10(11)15(26)18-6-12-13(24)16(27,8-28-12)7-19-14(25)9-1-2-20-21-3-9/h1-5,12-13,24,27H,6-8H2,(H,18,26)(H,19,25)/t12-,13-,16+/m1/s1. The maximum Gasteiger partial charge on any atom is 0.254 e. The first-order valence-electron chi connectivity index (χ1n) is 8.22. The number of hydrogen-bond acceptors (Lipinski definition) is 9. The third-order valence-corrected chi connectivity index (χ3v) is 4.54. The molecule has 1 aliphatic rings. The van der Waals surface area contributed by atoms with E-state index >= 15 is 0 Å². The van der Waals surface area contributed by atoms with E-state index in [4.69, 9.17) is 16.3 Å². The molecule has 3 atom stereocenters. The average Bonchev–Trinajstić information content (AvgIpc) is 3.00. The largest absolute Gasteiger partial charge is 0.387 e. The third kappa shape index (κ3) is 4.39. The van der Waals surface area contributed by atoms with E-state index in [9.17, 15) is 19.8 Å². The molecule has 0 spiro atoms. The number of aromatic nitrogens is 4. The van der Waals surface area contributed by atoms with Gasteiger partial charge in [0, 0.05) is 6.54 Å². The summed E-state index contributed by atoms with van der Waals surface area (Å²) in [4.78, 5) is 24.2. The van der Waals surface area contributed by atoms with E-state index in [-0.39, 0.29) is 35.8 Å². The van der Waals surface area contributed by atoms with Crippen LogP contribution in [-0.4, -0.2) is 79.9 Å². The number of amides is 2. The molecule has 1 aliphatic heterocycles. The number of hydrogen-bond donors (Lipinski definition) is 4. The van der Waals surface area contributed by atoms with Gasteiger partial charge in [-0.25, -0.2) is 0 Å². The van der Waals surface area contributed by atoms with Crippen LogP contribution in [0.15, 0.2) is 30.9 Å². The fourth-order valence-corrected chi connectivity index (χ4v) is 2.80. The minimum Gasteiger partial charge on any atom is -0.387 e. The summed E-state index contributed by atoms with van der Waals surface area (Å²) in [6.07, 6.45) is 2.87. The lowest BCUT2D eigenvalue weighted by atomic mass is 9.96. The Morgan fingerprint density at radius 2 is 1.93 bits per heavy atom. The molecule has 0 aliphatic carbocycles. The third-order valence-electron chi connectivity index (χ3n) is 4.24. The lowest BCUT2D eigenvalue weighted by molar-refractivity contribution is -0.0464. The zero-order chi connectivity index (χ0) is 20.1. The van der Waals surface area contributed by atoms with E-state index in [1.807, 2.05) is 0 Å². The number of nitrogens with one attached hydrogen (secondary N) is 2. The van der Waals surface area contributed by atoms with Crippen molar-refractivity contribution in [2.45, 2.75) is 17.8 Å². The van der Waals surface area contributed by atoms with Gasteiger partial charge in [0.1, 0.15) is 17.8 Å². The molecule has 2 aromatic heterocycles. The number of rotatable bonds is 6. The van der Waals surface area contributed by atoms with Gasteiger partial charge < -0.3 is 25.6 Å². The number of carbonyl (C=O) groups excluding carboxylic acids is 2. The predicted octanol–water partition coefficient (Wildman–Crippen LogP) is -1.43. The van der Waals surface area contributed by atoms with Gasteiger partial charge in [-0.15, -0.1) is 0 Å². The van der Waals surface area contributed by atoms with Crippen molar-refractivity contribution in [1.29, 1.82) is 0 Å². The average molecular weight is 409 g/mol. The van der Waals surface area contributed by atoms with Crippen molar-refractivity contribution in [3.63, 3.8) is 0 Å². The Bertz CT molecular complexity index is 856. The molecule has 4 N–H and O–H groups in total. The first kappa shape index (κ1) is 20.0. The zero-order valence-corrected chi connectivity index (χ0v) is 15.2. The van der Waals surface area contributed by atoms with E-state index in [0.717, 1.165) is 0 Å². The number of halogens is 1. The quantitative estimate of drug-likeness (QED) is 0.449. The van der Waals surface area contributed by atoms with Crippen LogP contribution in [0, 0.1) is 0 Å². The van der Waals surface area contributed by atoms with Crippen LogP contribution in [-0.2, 0) is 4.74 Å². The first-order valence-corrected chi connectivity index (χ1v) is 8.60. The van der Waals surface area contributed by atoms with Gasteiger partial charge in [-0.05, 0) is 6.07 Å². The second-order valence-corrected chi connectivity index (χ2v) is 6.58. The molecule has 148 valence electrons. The van der Waals surface area contributed by atoms with Crippen molar-refractivity contribution in [3.05, 3.63) is 47.0 Å². The van der Waals surface area contributed by atoms with Crippen LogP contribution in [0.5, 0.6) is 0 Å². The van der Waals surface area contributed by atoms with E-state index in [2.05, 4.69) is 31.0 Å². The van der Waals surface area contributed by atoms with Crippen molar-refractivity contribution in [2.24, 2.45) is 0 Å². The van der Waals surface area contributed by atoms with Gasteiger partial charge >= 0.3 is 0 Å². The summed E-state index contributed by atoms with van der Waals surface area (Å²) < 4.78 is 5.39. The molecule has 0 saturated carbocycles. The Labute approximate surface area is 164 Å². The van der Waals surface area contributed by atoms with Gasteiger partial charge in [0.2, 0.25) is 0 Å². The predicted molar refractivity (Wildman–Crippen MR) is 94.4 cm³/mol. The van der Waals surface area contributed by atoms with Gasteiger partial charge in [0.15, 0.2) is 0 Å². The molecule has 12 heteroatoms. The minimum atomic E-state index is -1.71. The molecule has 1 fully saturated rings. The Morgan fingerprint density at radius 3 is 2.64 bits per heavy atom. The normalized spacial score (nSPS) is 24.0. The van der Waals surface area contributed by atoms with Crippen LogP contribution < -0.4 is 10.6 Å². The van der Waals surface area contributed by atoms with E-state index < -0.39 is 29.6 Å². The second-order valence-electron chi connectivity index (χ2n) is 6.17. The molecule has 2 amide bonds. The molecular formula is C16H17ClN6O5. The molecule has 0 bridgehead atoms. The maximum absolute atomic E-state index is 12.1. The van der Waals surface area contributed by atoms with Crippen molar-refractivity contribution < 1.29 is 24.5 Å². The van der Waals surface area contributed by atoms with Crippen LogP contribution in [0.3, 0.4) is 0 Å². The summed E-state index contributed by atoms with van der Waals surface area (Å²) in [6, 6.07) is 1.46. The molecule has 0 aromatic carbocycles. The number of aliphatic hydroxyl groups excluding tert-OH is 1. The van der Waals surface area contributed by atoms with Crippen LogP contribution in [0.4, 0.5) is 0 Å². The van der Waals surface area contributed by atoms with E-state index in [1.165, 1.54) is 30.9 Å². The summed E-state index contributed by atoms with van der Waals surface area (Å²) in [7, 11) is 0. The second kappa shape index (κ2) is 8.52. The summed E-state index contributed by atoms with van der Waals surface area (Å²) in [5.74, 6) is -1.00. The Hall–Kier alpha value is -2.73. The first-order chi connectivity index (χ1) is 13.4. The molecule has 3 rings (SSSR count). The highest BCUT2D eigenvalue weighted by atomic mass is 35.5. The van der Waals surface area contributed by atoms with Crippen LogP contribution in [0.1, 0.15) is 20.7 Å². The lowest BCUT2D eigenvalue weighted by Crippen LogP contribution is -2.53. The van der Waals surface area contributed by atoms with E-state index in [1.54, 1.807) is 0 Å². The SMILES string of the molecule is O=C(NC[C@]1(O)CO[C@H](CNC(=O)c2cnncc2Cl)[C@H]1O)c1ccnnc1. The van der Waals surface area contributed by atoms with Crippen LogP contribution >= 0.6 is 11.6 Å². The van der Waals surface area contributed by atoms with Crippen molar-refractivity contribution in [2.75, 3.05) is 19.7 Å². The van der Waals surface area contributed by atoms with Crippen molar-refractivity contribution >= 4 is 23.4 Å². The smallest absolute Gasteiger partial charge is 0.254 e. The van der Waals surface area contributed by atoms with Crippen molar-refractivity contribution in [3.8, 4) is 0 Å². The highest BCUT2D eigenvalue weighted by molar-refractivity contribution is 6.33. The monoisotopic (exact) mass is 408 g/mol. The fourth-order valence-electron chi connectivity index (χ4n) is 2.62. The van der Waals surface area contributed by atoms with Gasteiger partial charge in [0.25, 0.3) is 11.8 Å².